The number of aliphatic hydroxyl groups is 2. The van der Waals surface area contributed by atoms with Crippen LogP contribution in [0.15, 0.2) is 11.6 Å². The molecule has 4 heteroatoms. The first-order chi connectivity index (χ1) is 11.7. The first kappa shape index (κ1) is 17.5. The lowest BCUT2D eigenvalue weighted by molar-refractivity contribution is -0.145. The topological polar surface area (TPSA) is 77.8 Å². The summed E-state index contributed by atoms with van der Waals surface area (Å²) in [6.45, 7) is 4.64. The highest BCUT2D eigenvalue weighted by atomic mass is 16.4. The molecule has 0 aliphatic heterocycles. The summed E-state index contributed by atoms with van der Waals surface area (Å²) in [6, 6.07) is 0. The van der Waals surface area contributed by atoms with Crippen LogP contribution in [0.2, 0.25) is 0 Å². The first-order valence-electron chi connectivity index (χ1n) is 10.00. The fraction of sp³-hybridized carbons (Fsp3) is 0.857. The van der Waals surface area contributed by atoms with Crippen LogP contribution in [-0.2, 0) is 4.79 Å². The molecule has 3 fully saturated rings. The van der Waals surface area contributed by atoms with Crippen LogP contribution in [0.25, 0.3) is 0 Å². The number of carbonyl (C=O) groups is 1. The molecule has 0 saturated heterocycles. The summed E-state index contributed by atoms with van der Waals surface area (Å²) in [5.74, 6) is 0.949. The van der Waals surface area contributed by atoms with Gasteiger partial charge in [-0.1, -0.05) is 25.5 Å². The molecule has 0 spiro atoms. The van der Waals surface area contributed by atoms with Gasteiger partial charge in [0.05, 0.1) is 18.1 Å². The Hall–Kier alpha value is -0.870. The van der Waals surface area contributed by atoms with Crippen molar-refractivity contribution in [1.29, 1.82) is 0 Å². The molecule has 2 unspecified atom stereocenters. The van der Waals surface area contributed by atoms with Crippen LogP contribution < -0.4 is 0 Å². The van der Waals surface area contributed by atoms with Crippen molar-refractivity contribution in [3.05, 3.63) is 11.6 Å². The van der Waals surface area contributed by atoms with Gasteiger partial charge in [-0.15, -0.1) is 0 Å². The van der Waals surface area contributed by atoms with Crippen LogP contribution in [0.3, 0.4) is 0 Å². The molecule has 3 saturated carbocycles. The van der Waals surface area contributed by atoms with Gasteiger partial charge in [0, 0.05) is 0 Å². The first-order valence-corrected chi connectivity index (χ1v) is 10.00. The molecule has 0 heterocycles. The zero-order chi connectivity index (χ0) is 18.0. The predicted octanol–water partition coefficient (Wildman–Crippen LogP) is 3.52. The van der Waals surface area contributed by atoms with Crippen molar-refractivity contribution in [2.45, 2.75) is 83.3 Å². The van der Waals surface area contributed by atoms with Gasteiger partial charge in [0.15, 0.2) is 0 Å². The van der Waals surface area contributed by atoms with Crippen molar-refractivity contribution < 1.29 is 20.1 Å². The molecule has 7 atom stereocenters. The Balaban J connectivity index is 1.61. The molecular formula is C21H32O4. The highest BCUT2D eigenvalue weighted by Gasteiger charge is 2.59. The van der Waals surface area contributed by atoms with E-state index in [4.69, 9.17) is 5.11 Å². The monoisotopic (exact) mass is 348 g/mol. The summed E-state index contributed by atoms with van der Waals surface area (Å²) in [5.41, 5.74) is 0.409. The lowest BCUT2D eigenvalue weighted by atomic mass is 9.47. The average molecular weight is 348 g/mol. The number of aliphatic hydroxyl groups excluding tert-OH is 1. The van der Waals surface area contributed by atoms with Gasteiger partial charge >= 0.3 is 5.97 Å². The molecule has 0 amide bonds. The van der Waals surface area contributed by atoms with E-state index in [2.05, 4.69) is 19.9 Å². The van der Waals surface area contributed by atoms with Crippen molar-refractivity contribution >= 4 is 5.97 Å². The van der Waals surface area contributed by atoms with Crippen LogP contribution in [0.5, 0.6) is 0 Å². The van der Waals surface area contributed by atoms with E-state index in [0.717, 1.165) is 38.5 Å². The van der Waals surface area contributed by atoms with E-state index in [9.17, 15) is 15.0 Å². The third-order valence-electron chi connectivity index (χ3n) is 8.68. The van der Waals surface area contributed by atoms with E-state index in [1.54, 1.807) is 0 Å². The Bertz CT molecular complexity index is 613. The summed E-state index contributed by atoms with van der Waals surface area (Å²) in [6.07, 6.45) is 9.37. The minimum absolute atomic E-state index is 0.0849. The molecule has 140 valence electrons. The standard InChI is InChI=1S/C21H32O4/c1-19-9-10-21(25,12-18(23)24)11-13(19)3-4-14-15-5-6-17(22)20(15,2)8-7-16(14)19/h3,14-17,22,25H,4-12H2,1-2H3,(H,23,24)/t14-,15-,16+,17?,19-,20-,21?/m0/s1. The van der Waals surface area contributed by atoms with Crippen molar-refractivity contribution in [3.8, 4) is 0 Å². The summed E-state index contributed by atoms with van der Waals surface area (Å²) in [4.78, 5) is 11.1. The largest absolute Gasteiger partial charge is 0.481 e. The van der Waals surface area contributed by atoms with Gasteiger partial charge in [0.1, 0.15) is 0 Å². The van der Waals surface area contributed by atoms with Gasteiger partial charge in [0.25, 0.3) is 0 Å². The Morgan fingerprint density at radius 2 is 1.92 bits per heavy atom. The van der Waals surface area contributed by atoms with Crippen LogP contribution in [0.1, 0.15) is 71.6 Å². The van der Waals surface area contributed by atoms with E-state index in [0.29, 0.717) is 30.6 Å². The second kappa shape index (κ2) is 5.56. The molecule has 3 N–H and O–H groups in total. The van der Waals surface area contributed by atoms with Crippen molar-refractivity contribution in [2.75, 3.05) is 0 Å². The third-order valence-corrected chi connectivity index (χ3v) is 8.68. The molecule has 0 radical (unpaired) electrons. The number of carboxylic acid groups (broad SMARTS) is 1. The summed E-state index contributed by atoms with van der Waals surface area (Å²) < 4.78 is 0. The van der Waals surface area contributed by atoms with Crippen LogP contribution in [0, 0.1) is 28.6 Å². The van der Waals surface area contributed by atoms with Gasteiger partial charge in [-0.3, -0.25) is 4.79 Å². The zero-order valence-electron chi connectivity index (χ0n) is 15.5. The Morgan fingerprint density at radius 1 is 1.16 bits per heavy atom. The van der Waals surface area contributed by atoms with E-state index in [1.165, 1.54) is 5.57 Å². The summed E-state index contributed by atoms with van der Waals surface area (Å²) in [5, 5.41) is 30.4. The SMILES string of the molecule is C[C@]12CCC(O)(CC(=O)O)CC1=CC[C@@H]1[C@H]2CC[C@]2(C)C(O)CC[C@@H]12. The fourth-order valence-electron chi connectivity index (χ4n) is 7.12. The highest BCUT2D eigenvalue weighted by Crippen LogP contribution is 2.65. The van der Waals surface area contributed by atoms with Crippen molar-refractivity contribution in [2.24, 2.45) is 28.6 Å². The smallest absolute Gasteiger partial charge is 0.306 e. The molecule has 0 bridgehead atoms. The Morgan fingerprint density at radius 3 is 2.64 bits per heavy atom. The lowest BCUT2D eigenvalue weighted by Gasteiger charge is -2.58. The van der Waals surface area contributed by atoms with Crippen molar-refractivity contribution in [1.82, 2.24) is 0 Å². The lowest BCUT2D eigenvalue weighted by Crippen LogP contribution is -2.52. The highest BCUT2D eigenvalue weighted by molar-refractivity contribution is 5.68. The minimum Gasteiger partial charge on any atom is -0.481 e. The minimum atomic E-state index is -1.07. The Labute approximate surface area is 150 Å². The van der Waals surface area contributed by atoms with E-state index >= 15 is 0 Å². The number of carboxylic acids is 1. The molecule has 0 aromatic rings. The van der Waals surface area contributed by atoms with Crippen LogP contribution in [-0.4, -0.2) is 33.0 Å². The maximum Gasteiger partial charge on any atom is 0.306 e. The maximum absolute atomic E-state index is 11.1. The van der Waals surface area contributed by atoms with Crippen molar-refractivity contribution in [3.63, 3.8) is 0 Å². The van der Waals surface area contributed by atoms with Gasteiger partial charge in [-0.05, 0) is 80.0 Å². The predicted molar refractivity (Wildman–Crippen MR) is 94.9 cm³/mol. The molecule has 4 nitrogen and oxygen atoms in total. The van der Waals surface area contributed by atoms with E-state index < -0.39 is 11.6 Å². The molecule has 4 rings (SSSR count). The maximum atomic E-state index is 11.1. The second-order valence-electron chi connectivity index (χ2n) is 9.87. The quantitative estimate of drug-likeness (QED) is 0.667. The van der Waals surface area contributed by atoms with E-state index in [-0.39, 0.29) is 23.4 Å². The van der Waals surface area contributed by atoms with Gasteiger partial charge in [-0.2, -0.15) is 0 Å². The number of fused-ring (bicyclic) bond motifs is 5. The summed E-state index contributed by atoms with van der Waals surface area (Å²) >= 11 is 0. The average Bonchev–Trinajstić information content (AvgIpc) is 2.83. The van der Waals surface area contributed by atoms with E-state index in [1.807, 2.05) is 0 Å². The summed E-state index contributed by atoms with van der Waals surface area (Å²) in [7, 11) is 0. The molecule has 25 heavy (non-hydrogen) atoms. The zero-order valence-corrected chi connectivity index (χ0v) is 15.5. The molecular weight excluding hydrogens is 316 g/mol. The number of rotatable bonds is 2. The second-order valence-corrected chi connectivity index (χ2v) is 9.87. The normalized spacial score (nSPS) is 51.9. The van der Waals surface area contributed by atoms with Crippen LogP contribution in [0.4, 0.5) is 0 Å². The number of allylic oxidation sites excluding steroid dienone is 1. The fourth-order valence-corrected chi connectivity index (χ4v) is 7.12. The van der Waals surface area contributed by atoms with Gasteiger partial charge in [-0.25, -0.2) is 0 Å². The molecule has 4 aliphatic rings. The third kappa shape index (κ3) is 2.51. The van der Waals surface area contributed by atoms with Gasteiger partial charge in [0.2, 0.25) is 0 Å². The number of hydrogen-bond donors (Lipinski definition) is 3. The molecule has 4 aliphatic carbocycles. The number of hydrogen-bond acceptors (Lipinski definition) is 3. The number of aliphatic carboxylic acids is 1. The van der Waals surface area contributed by atoms with Crippen LogP contribution >= 0.6 is 0 Å². The van der Waals surface area contributed by atoms with Gasteiger partial charge < -0.3 is 15.3 Å². The molecule has 0 aromatic heterocycles. The molecule has 0 aromatic carbocycles. The Kier molecular flexibility index (Phi) is 3.90.